The van der Waals surface area contributed by atoms with Crippen LogP contribution in [0.25, 0.3) is 0 Å². The van der Waals surface area contributed by atoms with Crippen LogP contribution in [0.2, 0.25) is 0 Å². The summed E-state index contributed by atoms with van der Waals surface area (Å²) in [7, 11) is 1.26. The second-order valence-electron chi connectivity index (χ2n) is 7.95. The zero-order valence-corrected chi connectivity index (χ0v) is 18.6. The van der Waals surface area contributed by atoms with E-state index in [-0.39, 0.29) is 18.1 Å². The number of nitrogen functional groups attached to an aromatic ring is 1. The Labute approximate surface area is 194 Å². The molecule has 0 radical (unpaired) electrons. The smallest absolute Gasteiger partial charge is 0.359 e. The van der Waals surface area contributed by atoms with Crippen molar-refractivity contribution in [3.05, 3.63) is 80.1 Å². The van der Waals surface area contributed by atoms with Gasteiger partial charge in [-0.1, -0.05) is 30.3 Å². The van der Waals surface area contributed by atoms with Gasteiger partial charge in [0.05, 0.1) is 6.54 Å². The lowest BCUT2D eigenvalue weighted by molar-refractivity contribution is 0.0467. The van der Waals surface area contributed by atoms with E-state index in [4.69, 9.17) is 10.5 Å². The van der Waals surface area contributed by atoms with Crippen LogP contribution in [0.15, 0.2) is 52.1 Å². The quantitative estimate of drug-likeness (QED) is 0.393. The van der Waals surface area contributed by atoms with Crippen LogP contribution in [0, 0.1) is 0 Å². The van der Waals surface area contributed by atoms with Crippen molar-refractivity contribution in [1.82, 2.24) is 19.3 Å². The molecule has 1 fully saturated rings. The van der Waals surface area contributed by atoms with Crippen LogP contribution in [-0.2, 0) is 18.3 Å². The number of Topliss-reactive ketones (excluding diaryl/α,β-unsaturated/α-hetero) is 1. The molecule has 2 N–H and O–H groups in total. The highest BCUT2D eigenvalue weighted by Crippen LogP contribution is 2.17. The van der Waals surface area contributed by atoms with E-state index in [0.717, 1.165) is 40.6 Å². The summed E-state index contributed by atoms with van der Waals surface area (Å²) in [6, 6.07) is 12.1. The van der Waals surface area contributed by atoms with Crippen LogP contribution in [0.4, 0.5) is 11.6 Å². The number of benzene rings is 1. The van der Waals surface area contributed by atoms with Gasteiger partial charge >= 0.3 is 11.7 Å². The van der Waals surface area contributed by atoms with Crippen LogP contribution < -0.4 is 21.9 Å². The third-order valence-electron chi connectivity index (χ3n) is 5.67. The monoisotopic (exact) mass is 464 g/mol. The highest BCUT2D eigenvalue weighted by Gasteiger charge is 2.23. The molecular formula is C23H24N6O5. The summed E-state index contributed by atoms with van der Waals surface area (Å²) in [5, 5.41) is 7.93. The van der Waals surface area contributed by atoms with Crippen molar-refractivity contribution in [3.63, 3.8) is 0 Å². The summed E-state index contributed by atoms with van der Waals surface area (Å²) >= 11 is 0. The highest BCUT2D eigenvalue weighted by atomic mass is 16.5. The van der Waals surface area contributed by atoms with Crippen LogP contribution >= 0.6 is 0 Å². The number of carbonyl (C=O) groups is 2. The summed E-state index contributed by atoms with van der Waals surface area (Å²) in [6.45, 7) is 1.10. The maximum absolute atomic E-state index is 12.8. The average Bonchev–Trinajstić information content (AvgIpc) is 3.40. The Bertz CT molecular complexity index is 1320. The van der Waals surface area contributed by atoms with Gasteiger partial charge in [-0.3, -0.25) is 18.7 Å². The van der Waals surface area contributed by atoms with Crippen LogP contribution in [0.5, 0.6) is 0 Å². The Morgan fingerprint density at radius 1 is 1.03 bits per heavy atom. The van der Waals surface area contributed by atoms with E-state index >= 15 is 0 Å². The molecule has 0 bridgehead atoms. The SMILES string of the molecule is Cn1c(=O)c(C(=O)COC(=O)c2ccc(N3CCCC3)nn2)c(N)n(Cc2ccccc2)c1=O. The fourth-order valence-corrected chi connectivity index (χ4v) is 3.79. The van der Waals surface area contributed by atoms with Gasteiger partial charge in [0.2, 0.25) is 5.78 Å². The number of aromatic nitrogens is 4. The predicted octanol–water partition coefficient (Wildman–Crippen LogP) is 0.607. The van der Waals surface area contributed by atoms with Gasteiger partial charge in [-0.15, -0.1) is 10.2 Å². The van der Waals surface area contributed by atoms with Crippen molar-refractivity contribution in [2.24, 2.45) is 7.05 Å². The van der Waals surface area contributed by atoms with Crippen molar-refractivity contribution < 1.29 is 14.3 Å². The summed E-state index contributed by atoms with van der Waals surface area (Å²) in [6.07, 6.45) is 2.16. The first-order valence-electron chi connectivity index (χ1n) is 10.8. The first kappa shape index (κ1) is 22.9. The normalized spacial score (nSPS) is 13.1. The third-order valence-corrected chi connectivity index (χ3v) is 5.67. The van der Waals surface area contributed by atoms with E-state index in [1.165, 1.54) is 13.1 Å². The number of rotatable bonds is 7. The molecule has 2 aromatic heterocycles. The molecule has 0 unspecified atom stereocenters. The number of hydrogen-bond acceptors (Lipinski definition) is 9. The van der Waals surface area contributed by atoms with Gasteiger partial charge in [-0.25, -0.2) is 9.59 Å². The molecule has 1 aromatic carbocycles. The van der Waals surface area contributed by atoms with Crippen molar-refractivity contribution >= 4 is 23.4 Å². The predicted molar refractivity (Wildman–Crippen MR) is 124 cm³/mol. The van der Waals surface area contributed by atoms with Gasteiger partial charge in [0.15, 0.2) is 18.1 Å². The van der Waals surface area contributed by atoms with Crippen molar-refractivity contribution in [2.45, 2.75) is 19.4 Å². The number of nitrogens with zero attached hydrogens (tertiary/aromatic N) is 5. The topological polar surface area (TPSA) is 142 Å². The van der Waals surface area contributed by atoms with Gasteiger partial charge in [0, 0.05) is 20.1 Å². The number of nitrogens with two attached hydrogens (primary N) is 1. The van der Waals surface area contributed by atoms with Gasteiger partial charge in [0.1, 0.15) is 11.4 Å². The van der Waals surface area contributed by atoms with Gasteiger partial charge in [-0.05, 0) is 30.5 Å². The molecular weight excluding hydrogens is 440 g/mol. The van der Waals surface area contributed by atoms with Gasteiger partial charge in [0.25, 0.3) is 5.56 Å². The standard InChI is InChI=1S/C23H24N6O5/c1-27-21(31)19(20(24)29(23(27)33)13-15-7-3-2-4-8-15)17(30)14-34-22(32)16-9-10-18(26-25-16)28-11-5-6-12-28/h2-4,7-10H,5-6,11-14,24H2,1H3. The molecule has 11 nitrogen and oxygen atoms in total. The fraction of sp³-hybridized carbons (Fsp3) is 0.304. The highest BCUT2D eigenvalue weighted by molar-refractivity contribution is 6.02. The molecule has 34 heavy (non-hydrogen) atoms. The molecule has 0 atom stereocenters. The van der Waals surface area contributed by atoms with E-state index in [0.29, 0.717) is 5.82 Å². The number of esters is 1. The Morgan fingerprint density at radius 3 is 2.38 bits per heavy atom. The molecule has 0 saturated carbocycles. The maximum atomic E-state index is 12.8. The van der Waals surface area contributed by atoms with E-state index in [2.05, 4.69) is 15.1 Å². The number of carbonyl (C=O) groups excluding carboxylic acids is 2. The lowest BCUT2D eigenvalue weighted by Crippen LogP contribution is -2.43. The molecule has 3 heterocycles. The minimum absolute atomic E-state index is 0.0642. The van der Waals surface area contributed by atoms with Crippen molar-refractivity contribution in [3.8, 4) is 0 Å². The number of ether oxygens (including phenoxy) is 1. The van der Waals surface area contributed by atoms with E-state index in [1.54, 1.807) is 30.3 Å². The Kier molecular flexibility index (Phi) is 6.53. The minimum Gasteiger partial charge on any atom is -0.453 e. The van der Waals surface area contributed by atoms with E-state index < -0.39 is 35.2 Å². The minimum atomic E-state index is -0.859. The first-order valence-corrected chi connectivity index (χ1v) is 10.8. The fourth-order valence-electron chi connectivity index (χ4n) is 3.79. The zero-order valence-electron chi connectivity index (χ0n) is 18.6. The van der Waals surface area contributed by atoms with Crippen molar-refractivity contribution in [2.75, 3.05) is 30.3 Å². The largest absolute Gasteiger partial charge is 0.453 e. The average molecular weight is 464 g/mol. The number of ketones is 1. The Morgan fingerprint density at radius 2 is 1.74 bits per heavy atom. The lowest BCUT2D eigenvalue weighted by Gasteiger charge is -2.15. The molecule has 0 spiro atoms. The third kappa shape index (κ3) is 4.58. The van der Waals surface area contributed by atoms with Gasteiger partial charge in [-0.2, -0.15) is 0 Å². The number of hydrogen-bond donors (Lipinski definition) is 1. The maximum Gasteiger partial charge on any atom is 0.359 e. The second kappa shape index (κ2) is 9.69. The van der Waals surface area contributed by atoms with E-state index in [9.17, 15) is 19.2 Å². The molecule has 1 aliphatic rings. The molecule has 1 saturated heterocycles. The molecule has 1 aliphatic heterocycles. The van der Waals surface area contributed by atoms with E-state index in [1.807, 2.05) is 6.07 Å². The number of anilines is 2. The molecule has 176 valence electrons. The van der Waals surface area contributed by atoms with Crippen molar-refractivity contribution in [1.29, 1.82) is 0 Å². The first-order chi connectivity index (χ1) is 16.4. The Hall–Kier alpha value is -4.28. The van der Waals surface area contributed by atoms with Gasteiger partial charge < -0.3 is 15.4 Å². The van der Waals surface area contributed by atoms with Crippen LogP contribution in [0.3, 0.4) is 0 Å². The summed E-state index contributed by atoms with van der Waals surface area (Å²) in [4.78, 5) is 52.4. The summed E-state index contributed by atoms with van der Waals surface area (Å²) in [5.41, 5.74) is 4.82. The summed E-state index contributed by atoms with van der Waals surface area (Å²) < 4.78 is 6.99. The van der Waals surface area contributed by atoms with Crippen LogP contribution in [-0.4, -0.2) is 50.8 Å². The molecule has 3 aromatic rings. The molecule has 0 amide bonds. The summed E-state index contributed by atoms with van der Waals surface area (Å²) in [5.74, 6) is -1.30. The lowest BCUT2D eigenvalue weighted by atomic mass is 10.2. The zero-order chi connectivity index (χ0) is 24.2. The molecule has 4 rings (SSSR count). The van der Waals surface area contributed by atoms with Crippen LogP contribution in [0.1, 0.15) is 39.3 Å². The Balaban J connectivity index is 1.50. The molecule has 11 heteroatoms. The second-order valence-corrected chi connectivity index (χ2v) is 7.95. The molecule has 0 aliphatic carbocycles.